The molecule has 0 saturated carbocycles. The quantitative estimate of drug-likeness (QED) is 0.575. The number of nitrogens with zero attached hydrogens (tertiary/aromatic N) is 2. The molecule has 0 aliphatic rings. The Morgan fingerprint density at radius 3 is 2.85 bits per heavy atom. The monoisotopic (exact) mass is 265 g/mol. The third-order valence-electron chi connectivity index (χ3n) is 3.14. The molecule has 2 aromatic heterocycles. The highest BCUT2D eigenvalue weighted by Crippen LogP contribution is 2.19. The number of hydrogen-bond acceptors (Lipinski definition) is 4. The maximum atomic E-state index is 5.29. The Balaban J connectivity index is 1.90. The van der Waals surface area contributed by atoms with E-state index < -0.39 is 0 Å². The second kappa shape index (κ2) is 5.17. The minimum atomic E-state index is 0.729. The van der Waals surface area contributed by atoms with Crippen molar-refractivity contribution in [1.82, 2.24) is 4.98 Å². The molecule has 0 saturated heterocycles. The SMILES string of the molecule is C/C(=N\Nc1cc(C)c2ccccc2n1)c1ccco1. The molecule has 20 heavy (non-hydrogen) atoms. The number of aromatic nitrogens is 1. The molecule has 100 valence electrons. The van der Waals surface area contributed by atoms with Gasteiger partial charge in [0.1, 0.15) is 17.3 Å². The lowest BCUT2D eigenvalue weighted by Crippen LogP contribution is -2.00. The van der Waals surface area contributed by atoms with Gasteiger partial charge >= 0.3 is 0 Å². The van der Waals surface area contributed by atoms with Crippen LogP contribution in [0.4, 0.5) is 5.82 Å². The summed E-state index contributed by atoms with van der Waals surface area (Å²) in [5.41, 5.74) is 5.89. The van der Waals surface area contributed by atoms with Gasteiger partial charge < -0.3 is 4.42 Å². The molecule has 0 radical (unpaired) electrons. The molecule has 1 aromatic carbocycles. The van der Waals surface area contributed by atoms with Crippen molar-refractivity contribution in [1.29, 1.82) is 0 Å². The van der Waals surface area contributed by atoms with E-state index in [1.165, 1.54) is 5.56 Å². The number of hydrazone groups is 1. The van der Waals surface area contributed by atoms with Gasteiger partial charge in [0.25, 0.3) is 0 Å². The fourth-order valence-electron chi connectivity index (χ4n) is 2.09. The molecule has 0 fully saturated rings. The van der Waals surface area contributed by atoms with E-state index in [-0.39, 0.29) is 0 Å². The van der Waals surface area contributed by atoms with Crippen molar-refractivity contribution < 1.29 is 4.42 Å². The Morgan fingerprint density at radius 2 is 2.05 bits per heavy atom. The van der Waals surface area contributed by atoms with Gasteiger partial charge in [-0.1, -0.05) is 18.2 Å². The smallest absolute Gasteiger partial charge is 0.149 e. The highest BCUT2D eigenvalue weighted by molar-refractivity contribution is 5.96. The van der Waals surface area contributed by atoms with Gasteiger partial charge in [0.2, 0.25) is 0 Å². The molecule has 0 bridgehead atoms. The lowest BCUT2D eigenvalue weighted by atomic mass is 10.1. The van der Waals surface area contributed by atoms with Crippen LogP contribution in [0.2, 0.25) is 0 Å². The van der Waals surface area contributed by atoms with Crippen LogP contribution >= 0.6 is 0 Å². The van der Waals surface area contributed by atoms with Crippen LogP contribution in [0.3, 0.4) is 0 Å². The summed E-state index contributed by atoms with van der Waals surface area (Å²) in [5.74, 6) is 1.47. The number of hydrogen-bond donors (Lipinski definition) is 1. The maximum Gasteiger partial charge on any atom is 0.149 e. The molecular weight excluding hydrogens is 250 g/mol. The summed E-state index contributed by atoms with van der Waals surface area (Å²) < 4.78 is 5.29. The largest absolute Gasteiger partial charge is 0.463 e. The molecule has 0 atom stereocenters. The van der Waals surface area contributed by atoms with Crippen molar-refractivity contribution >= 4 is 22.4 Å². The van der Waals surface area contributed by atoms with Crippen LogP contribution in [0.25, 0.3) is 10.9 Å². The first-order chi connectivity index (χ1) is 9.74. The molecule has 2 heterocycles. The number of aryl methyl sites for hydroxylation is 1. The molecule has 0 unspecified atom stereocenters. The summed E-state index contributed by atoms with van der Waals surface area (Å²) in [6, 6.07) is 13.8. The van der Waals surface area contributed by atoms with Gasteiger partial charge in [0, 0.05) is 5.39 Å². The summed E-state index contributed by atoms with van der Waals surface area (Å²) >= 11 is 0. The third-order valence-corrected chi connectivity index (χ3v) is 3.14. The minimum absolute atomic E-state index is 0.729. The molecule has 0 amide bonds. The van der Waals surface area contributed by atoms with Crippen LogP contribution in [0.15, 0.2) is 58.2 Å². The van der Waals surface area contributed by atoms with Gasteiger partial charge in [-0.2, -0.15) is 5.10 Å². The molecular formula is C16H15N3O. The Morgan fingerprint density at radius 1 is 1.20 bits per heavy atom. The van der Waals surface area contributed by atoms with Crippen molar-refractivity contribution in [3.05, 3.63) is 60.1 Å². The second-order valence-electron chi connectivity index (χ2n) is 4.63. The van der Waals surface area contributed by atoms with Crippen molar-refractivity contribution in [2.45, 2.75) is 13.8 Å². The van der Waals surface area contributed by atoms with E-state index >= 15 is 0 Å². The van der Waals surface area contributed by atoms with Crippen LogP contribution in [0.1, 0.15) is 18.2 Å². The van der Waals surface area contributed by atoms with Crippen molar-refractivity contribution in [3.8, 4) is 0 Å². The zero-order valence-corrected chi connectivity index (χ0v) is 11.4. The zero-order valence-electron chi connectivity index (χ0n) is 11.4. The second-order valence-corrected chi connectivity index (χ2v) is 4.63. The molecule has 3 aromatic rings. The van der Waals surface area contributed by atoms with E-state index in [2.05, 4.69) is 28.5 Å². The normalized spacial score (nSPS) is 11.8. The van der Waals surface area contributed by atoms with Gasteiger partial charge in [-0.05, 0) is 43.7 Å². The summed E-state index contributed by atoms with van der Waals surface area (Å²) in [6.45, 7) is 3.96. The first kappa shape index (κ1) is 12.4. The lowest BCUT2D eigenvalue weighted by molar-refractivity contribution is 0.557. The topological polar surface area (TPSA) is 50.4 Å². The summed E-state index contributed by atoms with van der Waals surface area (Å²) in [4.78, 5) is 4.54. The van der Waals surface area contributed by atoms with Crippen molar-refractivity contribution in [3.63, 3.8) is 0 Å². The van der Waals surface area contributed by atoms with Crippen LogP contribution in [-0.2, 0) is 0 Å². The number of benzene rings is 1. The van der Waals surface area contributed by atoms with Gasteiger partial charge in [-0.3, -0.25) is 5.43 Å². The van der Waals surface area contributed by atoms with Crippen LogP contribution in [-0.4, -0.2) is 10.7 Å². The first-order valence-electron chi connectivity index (χ1n) is 6.44. The maximum absolute atomic E-state index is 5.29. The molecule has 3 rings (SSSR count). The van der Waals surface area contributed by atoms with Gasteiger partial charge in [-0.25, -0.2) is 4.98 Å². The highest BCUT2D eigenvalue weighted by Gasteiger charge is 2.03. The number of furan rings is 1. The average Bonchev–Trinajstić information content (AvgIpc) is 2.99. The van der Waals surface area contributed by atoms with E-state index in [0.29, 0.717) is 0 Å². The molecule has 1 N–H and O–H groups in total. The van der Waals surface area contributed by atoms with Gasteiger partial charge in [0.15, 0.2) is 0 Å². The number of pyridine rings is 1. The molecule has 4 heteroatoms. The van der Waals surface area contributed by atoms with E-state index in [0.717, 1.165) is 28.2 Å². The Kier molecular flexibility index (Phi) is 3.21. The van der Waals surface area contributed by atoms with Crippen LogP contribution < -0.4 is 5.43 Å². The number of nitrogens with one attached hydrogen (secondary N) is 1. The minimum Gasteiger partial charge on any atom is -0.463 e. The first-order valence-corrected chi connectivity index (χ1v) is 6.44. The number of para-hydroxylation sites is 1. The van der Waals surface area contributed by atoms with Crippen molar-refractivity contribution in [2.24, 2.45) is 5.10 Å². The van der Waals surface area contributed by atoms with Crippen LogP contribution in [0, 0.1) is 6.92 Å². The number of rotatable bonds is 3. The number of fused-ring (bicyclic) bond motifs is 1. The summed E-state index contributed by atoms with van der Waals surface area (Å²) in [5, 5.41) is 5.45. The van der Waals surface area contributed by atoms with Crippen molar-refractivity contribution in [2.75, 3.05) is 5.43 Å². The van der Waals surface area contributed by atoms with Gasteiger partial charge in [0.05, 0.1) is 11.8 Å². The number of anilines is 1. The average molecular weight is 265 g/mol. The van der Waals surface area contributed by atoms with E-state index in [4.69, 9.17) is 4.42 Å². The lowest BCUT2D eigenvalue weighted by Gasteiger charge is -2.06. The fourth-order valence-corrected chi connectivity index (χ4v) is 2.09. The van der Waals surface area contributed by atoms with Crippen LogP contribution in [0.5, 0.6) is 0 Å². The molecule has 0 aliphatic heterocycles. The Labute approximate surface area is 117 Å². The predicted molar refractivity (Wildman–Crippen MR) is 81.0 cm³/mol. The van der Waals surface area contributed by atoms with E-state index in [9.17, 15) is 0 Å². The summed E-state index contributed by atoms with van der Waals surface area (Å²) in [6.07, 6.45) is 1.63. The Bertz CT molecular complexity index is 760. The molecule has 0 aliphatic carbocycles. The summed E-state index contributed by atoms with van der Waals surface area (Å²) in [7, 11) is 0. The third kappa shape index (κ3) is 2.40. The molecule has 4 nitrogen and oxygen atoms in total. The van der Waals surface area contributed by atoms with Gasteiger partial charge in [-0.15, -0.1) is 0 Å². The van der Waals surface area contributed by atoms with E-state index in [1.54, 1.807) is 6.26 Å². The fraction of sp³-hybridized carbons (Fsp3) is 0.125. The standard InChI is InChI=1S/C16H15N3O/c1-11-10-16(17-14-7-4-3-6-13(11)14)19-18-12(2)15-8-5-9-20-15/h3-10H,1-2H3,(H,17,19)/b18-12+. The zero-order chi connectivity index (χ0) is 13.9. The molecule has 0 spiro atoms. The predicted octanol–water partition coefficient (Wildman–Crippen LogP) is 3.97. The van der Waals surface area contributed by atoms with E-state index in [1.807, 2.05) is 43.3 Å². The highest BCUT2D eigenvalue weighted by atomic mass is 16.3. The Hall–Kier alpha value is -2.62.